The predicted molar refractivity (Wildman–Crippen MR) is 84.7 cm³/mol. The molecule has 1 aliphatic rings. The fourth-order valence-corrected chi connectivity index (χ4v) is 2.88. The maximum absolute atomic E-state index is 12.4. The molecule has 7 heteroatoms. The molecule has 1 unspecified atom stereocenters. The van der Waals surface area contributed by atoms with Crippen molar-refractivity contribution in [1.29, 1.82) is 5.26 Å². The van der Waals surface area contributed by atoms with Gasteiger partial charge in [-0.3, -0.25) is 4.79 Å². The lowest BCUT2D eigenvalue weighted by Gasteiger charge is -2.32. The van der Waals surface area contributed by atoms with Crippen LogP contribution in [-0.2, 0) is 17.8 Å². The van der Waals surface area contributed by atoms with Gasteiger partial charge in [-0.25, -0.2) is 9.67 Å². The van der Waals surface area contributed by atoms with Gasteiger partial charge >= 0.3 is 0 Å². The molecule has 1 amide bonds. The maximum atomic E-state index is 12.4. The summed E-state index contributed by atoms with van der Waals surface area (Å²) in [6.07, 6.45) is 2.25. The van der Waals surface area contributed by atoms with Crippen LogP contribution < -0.4 is 10.2 Å². The van der Waals surface area contributed by atoms with Crippen molar-refractivity contribution in [2.24, 2.45) is 5.92 Å². The average molecular weight is 310 g/mol. The van der Waals surface area contributed by atoms with E-state index in [4.69, 9.17) is 5.26 Å². The molecule has 0 spiro atoms. The molecule has 23 heavy (non-hydrogen) atoms. The van der Waals surface area contributed by atoms with E-state index in [-0.39, 0.29) is 17.6 Å². The minimum atomic E-state index is -0.0553. The molecule has 1 atom stereocenters. The number of anilines is 1. The Bertz CT molecular complexity index is 747. The summed E-state index contributed by atoms with van der Waals surface area (Å²) in [4.78, 5) is 18.3. The van der Waals surface area contributed by atoms with E-state index in [2.05, 4.69) is 32.4 Å². The lowest BCUT2D eigenvalue weighted by atomic mass is 9.92. The second-order valence-electron chi connectivity index (χ2n) is 5.64. The lowest BCUT2D eigenvalue weighted by Crippen LogP contribution is -2.42. The van der Waals surface area contributed by atoms with Gasteiger partial charge in [-0.15, -0.1) is 5.10 Å². The number of rotatable bonds is 4. The van der Waals surface area contributed by atoms with Gasteiger partial charge in [0.05, 0.1) is 12.5 Å². The number of para-hydroxylation sites is 1. The molecule has 0 saturated heterocycles. The van der Waals surface area contributed by atoms with Crippen molar-refractivity contribution < 1.29 is 4.79 Å². The van der Waals surface area contributed by atoms with E-state index in [0.717, 1.165) is 6.42 Å². The molecule has 0 radical (unpaired) electrons. The molecule has 1 aliphatic heterocycles. The van der Waals surface area contributed by atoms with Gasteiger partial charge in [0.25, 0.3) is 5.82 Å². The summed E-state index contributed by atoms with van der Waals surface area (Å²) < 4.78 is 1.56. The van der Waals surface area contributed by atoms with E-state index in [0.29, 0.717) is 19.6 Å². The van der Waals surface area contributed by atoms with Crippen LogP contribution in [0.2, 0.25) is 0 Å². The van der Waals surface area contributed by atoms with Crippen molar-refractivity contribution in [3.8, 4) is 6.07 Å². The Morgan fingerprint density at radius 2 is 2.30 bits per heavy atom. The number of hydrogen-bond donors (Lipinski definition) is 1. The van der Waals surface area contributed by atoms with Crippen LogP contribution in [0.25, 0.3) is 0 Å². The quantitative estimate of drug-likeness (QED) is 0.892. The number of carbonyl (C=O) groups is 1. The van der Waals surface area contributed by atoms with Gasteiger partial charge in [0.2, 0.25) is 5.91 Å². The standard InChI is InChI=1S/C16H18N6O/c1-21-10-13(8-12-4-2-3-5-14(12)21)16(23)18-6-7-22-11-19-15(9-17)20-22/h2-5,11,13H,6-8,10H2,1H3,(H,18,23). The summed E-state index contributed by atoms with van der Waals surface area (Å²) >= 11 is 0. The first kappa shape index (κ1) is 15.0. The van der Waals surface area contributed by atoms with Crippen molar-refractivity contribution in [2.75, 3.05) is 25.0 Å². The van der Waals surface area contributed by atoms with Crippen molar-refractivity contribution in [3.63, 3.8) is 0 Å². The van der Waals surface area contributed by atoms with Crippen LogP contribution in [0.1, 0.15) is 11.4 Å². The van der Waals surface area contributed by atoms with Gasteiger partial charge in [-0.1, -0.05) is 18.2 Å². The highest BCUT2D eigenvalue weighted by Crippen LogP contribution is 2.28. The number of fused-ring (bicyclic) bond motifs is 1. The first-order chi connectivity index (χ1) is 11.2. The highest BCUT2D eigenvalue weighted by Gasteiger charge is 2.26. The second-order valence-corrected chi connectivity index (χ2v) is 5.64. The zero-order valence-corrected chi connectivity index (χ0v) is 12.9. The first-order valence-corrected chi connectivity index (χ1v) is 7.53. The van der Waals surface area contributed by atoms with E-state index in [1.54, 1.807) is 4.68 Å². The maximum Gasteiger partial charge on any atom is 0.252 e. The molecular weight excluding hydrogens is 292 g/mol. The molecule has 3 rings (SSSR count). The Hall–Kier alpha value is -2.88. The Labute approximate surface area is 134 Å². The third-order valence-corrected chi connectivity index (χ3v) is 4.01. The predicted octanol–water partition coefficient (Wildman–Crippen LogP) is 0.575. The first-order valence-electron chi connectivity index (χ1n) is 7.53. The minimum absolute atomic E-state index is 0.0481. The fraction of sp³-hybridized carbons (Fsp3) is 0.375. The average Bonchev–Trinajstić information content (AvgIpc) is 3.02. The number of nitriles is 1. The van der Waals surface area contributed by atoms with Crippen molar-refractivity contribution in [3.05, 3.63) is 42.0 Å². The van der Waals surface area contributed by atoms with Gasteiger partial charge in [0.1, 0.15) is 12.4 Å². The highest BCUT2D eigenvalue weighted by atomic mass is 16.1. The van der Waals surface area contributed by atoms with Crippen molar-refractivity contribution in [1.82, 2.24) is 20.1 Å². The smallest absolute Gasteiger partial charge is 0.252 e. The summed E-state index contributed by atoms with van der Waals surface area (Å²) in [6, 6.07) is 10.1. The van der Waals surface area contributed by atoms with Gasteiger partial charge in [0.15, 0.2) is 0 Å². The number of benzene rings is 1. The monoisotopic (exact) mass is 310 g/mol. The van der Waals surface area contributed by atoms with Gasteiger partial charge in [0, 0.05) is 25.8 Å². The van der Waals surface area contributed by atoms with E-state index in [9.17, 15) is 4.79 Å². The van der Waals surface area contributed by atoms with Crippen LogP contribution in [0, 0.1) is 17.2 Å². The molecule has 7 nitrogen and oxygen atoms in total. The molecule has 0 saturated carbocycles. The molecule has 1 N–H and O–H groups in total. The molecular formula is C16H18N6O. The Balaban J connectivity index is 1.54. The Kier molecular flexibility index (Phi) is 4.24. The van der Waals surface area contributed by atoms with Crippen LogP contribution >= 0.6 is 0 Å². The summed E-state index contributed by atoms with van der Waals surface area (Å²) in [7, 11) is 2.01. The second kappa shape index (κ2) is 6.48. The lowest BCUT2D eigenvalue weighted by molar-refractivity contribution is -0.124. The molecule has 1 aromatic carbocycles. The molecule has 2 aromatic rings. The topological polar surface area (TPSA) is 86.8 Å². The third kappa shape index (κ3) is 3.31. The number of nitrogens with one attached hydrogen (secondary N) is 1. The van der Waals surface area contributed by atoms with E-state index < -0.39 is 0 Å². The normalized spacial score (nSPS) is 16.5. The molecule has 0 bridgehead atoms. The number of amides is 1. The Morgan fingerprint density at radius 3 is 3.09 bits per heavy atom. The van der Waals surface area contributed by atoms with Crippen LogP contribution in [0.15, 0.2) is 30.6 Å². The Morgan fingerprint density at radius 1 is 1.48 bits per heavy atom. The van der Waals surface area contributed by atoms with E-state index in [1.807, 2.05) is 25.2 Å². The minimum Gasteiger partial charge on any atom is -0.374 e. The van der Waals surface area contributed by atoms with Crippen LogP contribution in [0.4, 0.5) is 5.69 Å². The zero-order valence-electron chi connectivity index (χ0n) is 12.9. The summed E-state index contributed by atoms with van der Waals surface area (Å²) in [6.45, 7) is 1.68. The van der Waals surface area contributed by atoms with Gasteiger partial charge in [-0.2, -0.15) is 5.26 Å². The zero-order chi connectivity index (χ0) is 16.2. The van der Waals surface area contributed by atoms with Crippen LogP contribution in [0.5, 0.6) is 0 Å². The SMILES string of the molecule is CN1CC(C(=O)NCCn2cnc(C#N)n2)Cc2ccccc21. The van der Waals surface area contributed by atoms with Gasteiger partial charge < -0.3 is 10.2 Å². The summed E-state index contributed by atoms with van der Waals surface area (Å²) in [5.41, 5.74) is 2.40. The fourth-order valence-electron chi connectivity index (χ4n) is 2.88. The largest absolute Gasteiger partial charge is 0.374 e. The van der Waals surface area contributed by atoms with Gasteiger partial charge in [-0.05, 0) is 18.1 Å². The number of nitrogens with zero attached hydrogens (tertiary/aromatic N) is 5. The third-order valence-electron chi connectivity index (χ3n) is 4.01. The van der Waals surface area contributed by atoms with Crippen LogP contribution in [0.3, 0.4) is 0 Å². The summed E-state index contributed by atoms with van der Waals surface area (Å²) in [5, 5.41) is 15.6. The van der Waals surface area contributed by atoms with Crippen molar-refractivity contribution >= 4 is 11.6 Å². The van der Waals surface area contributed by atoms with Crippen molar-refractivity contribution in [2.45, 2.75) is 13.0 Å². The summed E-state index contributed by atoms with van der Waals surface area (Å²) in [5.74, 6) is 0.133. The number of carbonyl (C=O) groups excluding carboxylic acids is 1. The number of aromatic nitrogens is 3. The number of hydrogen-bond acceptors (Lipinski definition) is 5. The molecule has 2 heterocycles. The highest BCUT2D eigenvalue weighted by molar-refractivity contribution is 5.81. The molecule has 1 aromatic heterocycles. The molecule has 118 valence electrons. The molecule has 0 fully saturated rings. The van der Waals surface area contributed by atoms with Crippen LogP contribution in [-0.4, -0.2) is 40.8 Å². The van der Waals surface area contributed by atoms with E-state index >= 15 is 0 Å². The van der Waals surface area contributed by atoms with E-state index in [1.165, 1.54) is 17.6 Å². The molecule has 0 aliphatic carbocycles.